The highest BCUT2D eigenvalue weighted by Crippen LogP contribution is 2.35. The Kier molecular flexibility index (Phi) is 12.2. The number of aliphatic hydroxyl groups excluding tert-OH is 1. The van der Waals surface area contributed by atoms with Crippen LogP contribution in [0.4, 0.5) is 5.95 Å². The van der Waals surface area contributed by atoms with Gasteiger partial charge in [-0.1, -0.05) is 34.1 Å². The summed E-state index contributed by atoms with van der Waals surface area (Å²) in [5.74, 6) is 0.835. The number of aliphatic hydroxyl groups is 1. The van der Waals surface area contributed by atoms with Crippen molar-refractivity contribution in [1.29, 1.82) is 0 Å². The molecule has 2 saturated carbocycles. The minimum Gasteiger partial charge on any atom is -0.393 e. The lowest BCUT2D eigenvalue weighted by Gasteiger charge is -2.26. The second-order valence-corrected chi connectivity index (χ2v) is 9.33. The highest BCUT2D eigenvalue weighted by molar-refractivity contribution is 5.95. The molecule has 8 heteroatoms. The normalized spacial score (nSPS) is 24.3. The van der Waals surface area contributed by atoms with Crippen molar-refractivity contribution in [2.24, 2.45) is 0 Å². The Morgan fingerprint density at radius 2 is 1.85 bits per heavy atom. The van der Waals surface area contributed by atoms with Gasteiger partial charge in [0.15, 0.2) is 0 Å². The number of ether oxygens (including phenoxy) is 1. The van der Waals surface area contributed by atoms with Gasteiger partial charge in [0.25, 0.3) is 5.91 Å². The molecule has 1 aromatic rings. The fraction of sp³-hybridized carbons (Fsp3) is 0.692. The number of amides is 1. The van der Waals surface area contributed by atoms with Gasteiger partial charge in [0.1, 0.15) is 0 Å². The Balaban J connectivity index is 0.00000204. The van der Waals surface area contributed by atoms with E-state index in [0.717, 1.165) is 90.0 Å². The average Bonchev–Trinajstić information content (AvgIpc) is 3.34. The standard InChI is InChI=1S/C24H38N5O3.2CH2/c30-20-8-4-3-7-19(9-10-20)27-23(31)21-17-26-24(28-22(21)18-5-1-2-6-18)25-11-12-29-13-15-32-16-14-29;;/h7,17-20,30H,1-6,8-16H2,(H,27,31)(H,25,26,28);2*1H2/t19-,20+;;/m1../s1. The third-order valence-electron chi connectivity index (χ3n) is 6.94. The van der Waals surface area contributed by atoms with E-state index < -0.39 is 0 Å². The number of rotatable bonds is 7. The lowest BCUT2D eigenvalue weighted by Crippen LogP contribution is -2.39. The summed E-state index contributed by atoms with van der Waals surface area (Å²) in [5, 5.41) is 16.5. The van der Waals surface area contributed by atoms with Crippen LogP contribution in [0.15, 0.2) is 6.20 Å². The van der Waals surface area contributed by atoms with Gasteiger partial charge in [-0.2, -0.15) is 0 Å². The first-order chi connectivity index (χ1) is 15.7. The smallest absolute Gasteiger partial charge is 0.254 e. The largest absolute Gasteiger partial charge is 0.393 e. The molecule has 3 N–H and O–H groups in total. The van der Waals surface area contributed by atoms with Crippen LogP contribution in [0.25, 0.3) is 0 Å². The van der Waals surface area contributed by atoms with Gasteiger partial charge in [-0.05, 0) is 44.9 Å². The molecule has 0 aromatic carbocycles. The molecule has 1 amide bonds. The van der Waals surface area contributed by atoms with E-state index >= 15 is 0 Å². The number of nitrogens with one attached hydrogen (secondary N) is 2. The van der Waals surface area contributed by atoms with Crippen LogP contribution in [-0.4, -0.2) is 77.4 Å². The first kappa shape index (κ1) is 28.5. The second-order valence-electron chi connectivity index (χ2n) is 9.33. The van der Waals surface area contributed by atoms with Crippen LogP contribution in [-0.2, 0) is 4.74 Å². The van der Waals surface area contributed by atoms with Crippen molar-refractivity contribution in [3.05, 3.63) is 38.7 Å². The van der Waals surface area contributed by atoms with Crippen molar-refractivity contribution in [3.63, 3.8) is 0 Å². The summed E-state index contributed by atoms with van der Waals surface area (Å²) < 4.78 is 5.41. The molecule has 2 heterocycles. The average molecular weight is 473 g/mol. The van der Waals surface area contributed by atoms with Gasteiger partial charge in [0.05, 0.1) is 30.6 Å². The molecule has 4 rings (SSSR count). The Morgan fingerprint density at radius 3 is 2.62 bits per heavy atom. The van der Waals surface area contributed by atoms with Gasteiger partial charge in [0.2, 0.25) is 5.95 Å². The molecule has 5 radical (unpaired) electrons. The molecule has 1 aliphatic heterocycles. The van der Waals surface area contributed by atoms with Crippen molar-refractivity contribution in [2.75, 3.05) is 44.7 Å². The summed E-state index contributed by atoms with van der Waals surface area (Å²) >= 11 is 0. The molecule has 3 aliphatic rings. The van der Waals surface area contributed by atoms with Crippen LogP contribution >= 0.6 is 0 Å². The monoisotopic (exact) mass is 472 g/mol. The van der Waals surface area contributed by atoms with Gasteiger partial charge in [0, 0.05) is 44.3 Å². The summed E-state index contributed by atoms with van der Waals surface area (Å²) in [5.41, 5.74) is 1.49. The maximum atomic E-state index is 13.2. The van der Waals surface area contributed by atoms with Gasteiger partial charge < -0.3 is 20.5 Å². The molecule has 3 fully saturated rings. The lowest BCUT2D eigenvalue weighted by atomic mass is 9.94. The second kappa shape index (κ2) is 14.6. The van der Waals surface area contributed by atoms with E-state index in [9.17, 15) is 9.90 Å². The van der Waals surface area contributed by atoms with Gasteiger partial charge in [-0.3, -0.25) is 9.69 Å². The Labute approximate surface area is 206 Å². The molecule has 8 nitrogen and oxygen atoms in total. The Bertz CT molecular complexity index is 735. The first-order valence-corrected chi connectivity index (χ1v) is 12.4. The van der Waals surface area contributed by atoms with Crippen molar-refractivity contribution >= 4 is 11.9 Å². The summed E-state index contributed by atoms with van der Waals surface area (Å²) in [7, 11) is 0. The number of aromatic nitrogens is 2. The number of hydrogen-bond donors (Lipinski definition) is 3. The third kappa shape index (κ3) is 8.17. The van der Waals surface area contributed by atoms with Crippen molar-refractivity contribution in [2.45, 2.75) is 75.9 Å². The van der Waals surface area contributed by atoms with E-state index in [4.69, 9.17) is 9.72 Å². The molecule has 1 aromatic heterocycles. The highest BCUT2D eigenvalue weighted by Gasteiger charge is 2.27. The summed E-state index contributed by atoms with van der Waals surface area (Å²) in [6.45, 7) is 5.22. The zero-order valence-corrected chi connectivity index (χ0v) is 20.5. The Morgan fingerprint density at radius 1 is 1.09 bits per heavy atom. The fourth-order valence-corrected chi connectivity index (χ4v) is 5.00. The SMILES string of the molecule is O=C(N[C@@H]1[CH]CCC[C@H](O)CC1)c1cnc(NCCN2CCOCC2)nc1C1CCCC1.[CH2].[CH2]. The number of carbonyl (C=O) groups is 1. The van der Waals surface area contributed by atoms with Crippen molar-refractivity contribution < 1.29 is 14.6 Å². The molecule has 1 saturated heterocycles. The van der Waals surface area contributed by atoms with E-state index in [1.165, 1.54) is 12.8 Å². The van der Waals surface area contributed by atoms with Gasteiger partial charge in [-0.25, -0.2) is 9.97 Å². The molecule has 0 spiro atoms. The highest BCUT2D eigenvalue weighted by atomic mass is 16.5. The molecule has 2 atom stereocenters. The topological polar surface area (TPSA) is 99.6 Å². The first-order valence-electron chi connectivity index (χ1n) is 12.4. The molecular formula is C26H42N5O3. The molecule has 0 bridgehead atoms. The van der Waals surface area contributed by atoms with E-state index in [-0.39, 0.29) is 32.9 Å². The zero-order valence-electron chi connectivity index (χ0n) is 20.5. The van der Waals surface area contributed by atoms with E-state index in [0.29, 0.717) is 17.4 Å². The molecule has 2 aliphatic carbocycles. The van der Waals surface area contributed by atoms with Crippen LogP contribution < -0.4 is 10.6 Å². The van der Waals surface area contributed by atoms with Crippen LogP contribution in [0.5, 0.6) is 0 Å². The van der Waals surface area contributed by atoms with Crippen LogP contribution in [0, 0.1) is 21.3 Å². The van der Waals surface area contributed by atoms with Crippen LogP contribution in [0.2, 0.25) is 0 Å². The van der Waals surface area contributed by atoms with Crippen molar-refractivity contribution in [1.82, 2.24) is 20.2 Å². The van der Waals surface area contributed by atoms with E-state index in [1.807, 2.05) is 0 Å². The quantitative estimate of drug-likeness (QED) is 0.561. The molecular weight excluding hydrogens is 430 g/mol. The van der Waals surface area contributed by atoms with Gasteiger partial charge >= 0.3 is 0 Å². The molecule has 189 valence electrons. The van der Waals surface area contributed by atoms with Gasteiger partial charge in [-0.15, -0.1) is 0 Å². The maximum absolute atomic E-state index is 13.2. The predicted molar refractivity (Wildman–Crippen MR) is 134 cm³/mol. The summed E-state index contributed by atoms with van der Waals surface area (Å²) in [6, 6.07) is -0.0137. The molecule has 34 heavy (non-hydrogen) atoms. The number of morpholine rings is 1. The number of anilines is 1. The van der Waals surface area contributed by atoms with Crippen LogP contribution in [0.3, 0.4) is 0 Å². The number of nitrogens with zero attached hydrogens (tertiary/aromatic N) is 3. The van der Waals surface area contributed by atoms with E-state index in [1.54, 1.807) is 6.20 Å². The number of carbonyl (C=O) groups excluding carboxylic acids is 1. The molecule has 0 unspecified atom stereocenters. The Hall–Kier alpha value is -1.77. The van der Waals surface area contributed by atoms with E-state index in [2.05, 4.69) is 26.9 Å². The van der Waals surface area contributed by atoms with Crippen molar-refractivity contribution in [3.8, 4) is 0 Å². The maximum Gasteiger partial charge on any atom is 0.254 e. The minimum absolute atomic E-state index is 0. The van der Waals surface area contributed by atoms with Crippen LogP contribution in [0.1, 0.15) is 79.8 Å². The number of hydrogen-bond acceptors (Lipinski definition) is 7. The summed E-state index contributed by atoms with van der Waals surface area (Å²) in [4.78, 5) is 24.9. The minimum atomic E-state index is -0.261. The fourth-order valence-electron chi connectivity index (χ4n) is 5.00. The summed E-state index contributed by atoms with van der Waals surface area (Å²) in [6.07, 6.45) is 12.4. The lowest BCUT2D eigenvalue weighted by molar-refractivity contribution is 0.0398. The zero-order chi connectivity index (χ0) is 22.2. The predicted octanol–water partition coefficient (Wildman–Crippen LogP) is 3.16. The third-order valence-corrected chi connectivity index (χ3v) is 6.94.